The van der Waals surface area contributed by atoms with Crippen LogP contribution >= 0.6 is 0 Å². The monoisotopic (exact) mass is 240 g/mol. The first-order valence-corrected chi connectivity index (χ1v) is 5.44. The van der Waals surface area contributed by atoms with Gasteiger partial charge in [-0.05, 0) is 44.3 Å². The second-order valence-corrected chi connectivity index (χ2v) is 4.86. The average Bonchev–Trinajstić information content (AvgIpc) is 2.63. The van der Waals surface area contributed by atoms with E-state index >= 15 is 0 Å². The molecule has 0 spiro atoms. The quantitative estimate of drug-likeness (QED) is 0.399. The van der Waals surface area contributed by atoms with E-state index in [9.17, 15) is 9.59 Å². The van der Waals surface area contributed by atoms with Crippen molar-refractivity contribution < 1.29 is 14.3 Å². The van der Waals surface area contributed by atoms with Crippen LogP contribution < -0.4 is 0 Å². The molecule has 1 heterocycles. The Balaban J connectivity index is 2.72. The predicted molar refractivity (Wildman–Crippen MR) is 60.1 cm³/mol. The molecule has 1 aliphatic heterocycles. The summed E-state index contributed by atoms with van der Waals surface area (Å²) < 4.78 is 5.18. The highest BCUT2D eigenvalue weighted by atomic mass is 16.6. The molecule has 0 aromatic heterocycles. The number of carbonyl (C=O) groups is 2. The van der Waals surface area contributed by atoms with E-state index in [1.165, 1.54) is 4.90 Å². The summed E-state index contributed by atoms with van der Waals surface area (Å²) in [7, 11) is 0. The molecule has 0 aliphatic carbocycles. The van der Waals surface area contributed by atoms with Crippen molar-refractivity contribution in [2.24, 2.45) is 5.11 Å². The van der Waals surface area contributed by atoms with Gasteiger partial charge in [-0.1, -0.05) is 0 Å². The number of nitrogens with zero attached hydrogens (tertiary/aromatic N) is 4. The number of amides is 2. The molecule has 0 aromatic rings. The van der Waals surface area contributed by atoms with Gasteiger partial charge in [0.25, 0.3) is 0 Å². The third-order valence-corrected chi connectivity index (χ3v) is 2.31. The van der Waals surface area contributed by atoms with Crippen LogP contribution in [-0.4, -0.2) is 35.1 Å². The first kappa shape index (κ1) is 13.3. The summed E-state index contributed by atoms with van der Waals surface area (Å²) in [5.41, 5.74) is 7.61. The fourth-order valence-corrected chi connectivity index (χ4v) is 1.67. The third-order valence-electron chi connectivity index (χ3n) is 2.31. The summed E-state index contributed by atoms with van der Waals surface area (Å²) in [5, 5.41) is 3.03. The van der Waals surface area contributed by atoms with Gasteiger partial charge in [0.05, 0.1) is 0 Å². The molecule has 0 radical (unpaired) electrons. The van der Waals surface area contributed by atoms with Gasteiger partial charge >= 0.3 is 6.09 Å². The van der Waals surface area contributed by atoms with Crippen molar-refractivity contribution in [3.05, 3.63) is 10.4 Å². The van der Waals surface area contributed by atoms with Crippen LogP contribution in [0, 0.1) is 0 Å². The zero-order chi connectivity index (χ0) is 13.1. The second kappa shape index (κ2) is 5.05. The van der Waals surface area contributed by atoms with Crippen LogP contribution in [0.2, 0.25) is 0 Å². The van der Waals surface area contributed by atoms with E-state index in [1.807, 2.05) is 0 Å². The van der Waals surface area contributed by atoms with Gasteiger partial charge in [-0.15, -0.1) is 0 Å². The second-order valence-electron chi connectivity index (χ2n) is 4.86. The molecule has 1 rings (SSSR count). The summed E-state index contributed by atoms with van der Waals surface area (Å²) in [4.78, 5) is 27.0. The van der Waals surface area contributed by atoms with Gasteiger partial charge in [0, 0.05) is 11.5 Å². The van der Waals surface area contributed by atoms with Gasteiger partial charge in [0.2, 0.25) is 5.91 Å². The minimum absolute atomic E-state index is 0.451. The van der Waals surface area contributed by atoms with E-state index < -0.39 is 23.6 Å². The van der Waals surface area contributed by atoms with E-state index in [0.717, 1.165) is 0 Å². The summed E-state index contributed by atoms with van der Waals surface area (Å²) >= 11 is 0. The molecule has 17 heavy (non-hydrogen) atoms. The standard InChI is InChI=1S/C10H16N4O3/c1-10(2,3)17-9(16)14-6-4-5-7(14)8(15)12-13-11/h7H,4-6H2,1-3H3/t7-/m0/s1. The molecule has 0 N–H and O–H groups in total. The highest BCUT2D eigenvalue weighted by Gasteiger charge is 2.35. The first-order chi connectivity index (χ1) is 7.85. The lowest BCUT2D eigenvalue weighted by molar-refractivity contribution is -0.122. The zero-order valence-electron chi connectivity index (χ0n) is 10.2. The van der Waals surface area contributed by atoms with Crippen molar-refractivity contribution in [1.82, 2.24) is 4.90 Å². The molecule has 7 nitrogen and oxygen atoms in total. The van der Waals surface area contributed by atoms with Gasteiger partial charge in [-0.2, -0.15) is 0 Å². The van der Waals surface area contributed by atoms with Crippen molar-refractivity contribution in [2.45, 2.75) is 45.3 Å². The molecular formula is C10H16N4O3. The van der Waals surface area contributed by atoms with Gasteiger partial charge in [-0.3, -0.25) is 9.69 Å². The van der Waals surface area contributed by atoms with Gasteiger partial charge in [-0.25, -0.2) is 4.79 Å². The SMILES string of the molecule is CC(C)(C)OC(=O)N1CCC[C@H]1C(=O)N=[N+]=[N-]. The van der Waals surface area contributed by atoms with Crippen LogP contribution in [0.4, 0.5) is 4.79 Å². The molecular weight excluding hydrogens is 224 g/mol. The van der Waals surface area contributed by atoms with Gasteiger partial charge in [0.15, 0.2) is 0 Å². The van der Waals surface area contributed by atoms with Crippen LogP contribution in [0.1, 0.15) is 33.6 Å². The van der Waals surface area contributed by atoms with Crippen molar-refractivity contribution in [2.75, 3.05) is 6.54 Å². The van der Waals surface area contributed by atoms with Gasteiger partial charge < -0.3 is 4.74 Å². The van der Waals surface area contributed by atoms with Crippen molar-refractivity contribution in [3.63, 3.8) is 0 Å². The van der Waals surface area contributed by atoms with Crippen LogP contribution in [0.5, 0.6) is 0 Å². The summed E-state index contributed by atoms with van der Waals surface area (Å²) in [6, 6.07) is -0.680. The largest absolute Gasteiger partial charge is 0.444 e. The lowest BCUT2D eigenvalue weighted by Gasteiger charge is -2.27. The Morgan fingerprint density at radius 1 is 1.47 bits per heavy atom. The molecule has 1 aliphatic rings. The van der Waals surface area contributed by atoms with Gasteiger partial charge in [0.1, 0.15) is 11.6 Å². The first-order valence-electron chi connectivity index (χ1n) is 5.44. The molecule has 0 unspecified atom stereocenters. The van der Waals surface area contributed by atoms with Crippen LogP contribution in [0.25, 0.3) is 10.4 Å². The minimum atomic E-state index is -0.680. The van der Waals surface area contributed by atoms with Crippen LogP contribution in [0.3, 0.4) is 0 Å². The molecule has 1 atom stereocenters. The third kappa shape index (κ3) is 3.64. The zero-order valence-corrected chi connectivity index (χ0v) is 10.2. The normalized spacial score (nSPS) is 19.7. The van der Waals surface area contributed by atoms with Crippen LogP contribution in [0.15, 0.2) is 5.11 Å². The number of hydrogen-bond donors (Lipinski definition) is 0. The van der Waals surface area contributed by atoms with E-state index in [2.05, 4.69) is 10.0 Å². The molecule has 1 saturated heterocycles. The number of azide groups is 1. The smallest absolute Gasteiger partial charge is 0.410 e. The molecule has 0 aromatic carbocycles. The number of carbonyl (C=O) groups excluding carboxylic acids is 2. The Hall–Kier alpha value is -1.75. The Morgan fingerprint density at radius 3 is 2.65 bits per heavy atom. The Labute approximate surface area is 99.3 Å². The maximum absolute atomic E-state index is 11.8. The number of rotatable bonds is 1. The Kier molecular flexibility index (Phi) is 3.96. The van der Waals surface area contributed by atoms with E-state index in [4.69, 9.17) is 10.3 Å². The lowest BCUT2D eigenvalue weighted by Crippen LogP contribution is -2.42. The number of hydrogen-bond acceptors (Lipinski definition) is 3. The molecule has 1 fully saturated rings. The highest BCUT2D eigenvalue weighted by Crippen LogP contribution is 2.21. The maximum Gasteiger partial charge on any atom is 0.410 e. The summed E-state index contributed by atoms with van der Waals surface area (Å²) in [6.07, 6.45) is 0.676. The molecule has 94 valence electrons. The Bertz CT molecular complexity index is 368. The van der Waals surface area contributed by atoms with Crippen molar-refractivity contribution >= 4 is 12.0 Å². The minimum Gasteiger partial charge on any atom is -0.444 e. The fourth-order valence-electron chi connectivity index (χ4n) is 1.67. The molecule has 0 saturated carbocycles. The fraction of sp³-hybridized carbons (Fsp3) is 0.800. The summed E-state index contributed by atoms with van der Waals surface area (Å²) in [5.74, 6) is -0.629. The predicted octanol–water partition coefficient (Wildman–Crippen LogP) is 2.22. The lowest BCUT2D eigenvalue weighted by atomic mass is 10.2. The molecule has 2 amide bonds. The van der Waals surface area contributed by atoms with E-state index in [0.29, 0.717) is 19.4 Å². The number of ether oxygens (including phenoxy) is 1. The Morgan fingerprint density at radius 2 is 2.12 bits per heavy atom. The number of likely N-dealkylation sites (tertiary alicyclic amines) is 1. The molecule has 7 heteroatoms. The van der Waals surface area contributed by atoms with E-state index in [-0.39, 0.29) is 0 Å². The maximum atomic E-state index is 11.8. The highest BCUT2D eigenvalue weighted by molar-refractivity contribution is 5.86. The average molecular weight is 240 g/mol. The van der Waals surface area contributed by atoms with Crippen LogP contribution in [-0.2, 0) is 9.53 Å². The topological polar surface area (TPSA) is 95.4 Å². The van der Waals surface area contributed by atoms with Crippen molar-refractivity contribution in [1.29, 1.82) is 0 Å². The molecule has 0 bridgehead atoms. The van der Waals surface area contributed by atoms with Crippen molar-refractivity contribution in [3.8, 4) is 0 Å². The van der Waals surface area contributed by atoms with E-state index in [1.54, 1.807) is 20.8 Å². The summed E-state index contributed by atoms with van der Waals surface area (Å²) in [6.45, 7) is 5.72.